The Labute approximate surface area is 189 Å². The second kappa shape index (κ2) is 7.73. The lowest BCUT2D eigenvalue weighted by Gasteiger charge is -2.27. The molecule has 0 aliphatic carbocycles. The van der Waals surface area contributed by atoms with Gasteiger partial charge in [-0.1, -0.05) is 36.8 Å². The fourth-order valence-corrected chi connectivity index (χ4v) is 5.07. The Hall–Kier alpha value is -2.67. The molecule has 1 N–H and O–H groups in total. The Morgan fingerprint density at radius 1 is 1.31 bits per heavy atom. The predicted molar refractivity (Wildman–Crippen MR) is 120 cm³/mol. The van der Waals surface area contributed by atoms with E-state index in [4.69, 9.17) is 9.47 Å². The molecule has 2 saturated heterocycles. The zero-order valence-corrected chi connectivity index (χ0v) is 19.6. The zero-order chi connectivity index (χ0) is 23.4. The van der Waals surface area contributed by atoms with Gasteiger partial charge >= 0.3 is 5.97 Å². The van der Waals surface area contributed by atoms with Crippen LogP contribution in [0.2, 0.25) is 0 Å². The van der Waals surface area contributed by atoms with E-state index in [-0.39, 0.29) is 11.8 Å². The maximum Gasteiger partial charge on any atom is 0.313 e. The van der Waals surface area contributed by atoms with Crippen molar-refractivity contribution in [2.45, 2.75) is 71.3 Å². The van der Waals surface area contributed by atoms with E-state index in [1.807, 2.05) is 65.0 Å². The molecule has 172 valence electrons. The number of anilines is 1. The maximum absolute atomic E-state index is 13.5. The highest BCUT2D eigenvalue weighted by atomic mass is 16.6. The molecule has 0 aromatic heterocycles. The molecule has 2 bridgehead atoms. The summed E-state index contributed by atoms with van der Waals surface area (Å²) >= 11 is 0. The molecule has 1 aromatic rings. The van der Waals surface area contributed by atoms with Crippen LogP contribution >= 0.6 is 0 Å². The van der Waals surface area contributed by atoms with Gasteiger partial charge in [-0.25, -0.2) is 0 Å². The van der Waals surface area contributed by atoms with Crippen LogP contribution in [0.4, 0.5) is 5.69 Å². The van der Waals surface area contributed by atoms with Crippen molar-refractivity contribution in [1.82, 2.24) is 5.32 Å². The van der Waals surface area contributed by atoms with Crippen LogP contribution in [0, 0.1) is 25.7 Å². The van der Waals surface area contributed by atoms with Crippen LogP contribution < -0.4 is 10.2 Å². The van der Waals surface area contributed by atoms with Gasteiger partial charge < -0.3 is 19.7 Å². The van der Waals surface area contributed by atoms with Crippen LogP contribution in [0.15, 0.2) is 30.4 Å². The summed E-state index contributed by atoms with van der Waals surface area (Å²) in [6.07, 6.45) is 2.68. The lowest BCUT2D eigenvalue weighted by molar-refractivity contribution is -0.163. The first-order valence-electron chi connectivity index (χ1n) is 11.2. The van der Waals surface area contributed by atoms with Crippen molar-refractivity contribution in [3.05, 3.63) is 41.5 Å². The van der Waals surface area contributed by atoms with Gasteiger partial charge in [-0.3, -0.25) is 14.4 Å². The van der Waals surface area contributed by atoms with Crippen LogP contribution in [0.25, 0.3) is 0 Å². The third kappa shape index (κ3) is 3.72. The van der Waals surface area contributed by atoms with Crippen molar-refractivity contribution >= 4 is 23.5 Å². The minimum absolute atomic E-state index is 0.141. The van der Waals surface area contributed by atoms with Gasteiger partial charge in [0, 0.05) is 11.2 Å². The van der Waals surface area contributed by atoms with Gasteiger partial charge in [-0.15, -0.1) is 0 Å². The molecule has 7 nitrogen and oxygen atoms in total. The second-order valence-corrected chi connectivity index (χ2v) is 10.2. The van der Waals surface area contributed by atoms with Crippen LogP contribution in [0.3, 0.4) is 0 Å². The first-order valence-corrected chi connectivity index (χ1v) is 11.2. The summed E-state index contributed by atoms with van der Waals surface area (Å²) in [7, 11) is 0. The number of hydrogen-bond donors (Lipinski definition) is 1. The Bertz CT molecular complexity index is 995. The molecule has 3 aliphatic rings. The van der Waals surface area contributed by atoms with E-state index in [2.05, 4.69) is 5.32 Å². The number of amides is 2. The molecule has 4 rings (SSSR count). The number of rotatable bonds is 5. The number of nitrogens with zero attached hydrogens (tertiary/aromatic N) is 1. The summed E-state index contributed by atoms with van der Waals surface area (Å²) < 4.78 is 11.8. The summed E-state index contributed by atoms with van der Waals surface area (Å²) in [5.41, 5.74) is 1.67. The number of fused-ring (bicyclic) bond motifs is 1. The second-order valence-electron chi connectivity index (χ2n) is 10.2. The Balaban J connectivity index is 1.56. The fourth-order valence-electron chi connectivity index (χ4n) is 5.07. The average molecular weight is 441 g/mol. The zero-order valence-electron chi connectivity index (χ0n) is 19.6. The lowest BCUT2D eigenvalue weighted by atomic mass is 9.77. The van der Waals surface area contributed by atoms with Crippen LogP contribution in [0.1, 0.15) is 45.2 Å². The lowest BCUT2D eigenvalue weighted by Crippen LogP contribution is -2.48. The van der Waals surface area contributed by atoms with Gasteiger partial charge in [-0.05, 0) is 52.7 Å². The van der Waals surface area contributed by atoms with Gasteiger partial charge in [0.1, 0.15) is 11.5 Å². The van der Waals surface area contributed by atoms with Crippen molar-refractivity contribution in [2.24, 2.45) is 11.8 Å². The Morgan fingerprint density at radius 2 is 2.03 bits per heavy atom. The smallest absolute Gasteiger partial charge is 0.313 e. The van der Waals surface area contributed by atoms with E-state index in [1.165, 1.54) is 0 Å². The van der Waals surface area contributed by atoms with E-state index >= 15 is 0 Å². The minimum Gasteiger partial charge on any atom is -0.452 e. The van der Waals surface area contributed by atoms with Crippen molar-refractivity contribution in [1.29, 1.82) is 0 Å². The molecule has 5 atom stereocenters. The summed E-state index contributed by atoms with van der Waals surface area (Å²) in [4.78, 5) is 41.1. The standard InChI is InChI=1S/C25H32N2O5/c1-7-17(21(28)26-24(4,5)6)31-23(30)19-18-10-11-25(32-18)13-27(22(29)20(19)25)16-9-8-14(2)12-15(16)3/h8-12,17-20H,7,13H2,1-6H3,(H,26,28)/t17-,18+,19-,20+,25-/m0/s1. The maximum atomic E-state index is 13.5. The number of carbonyl (C=O) groups is 3. The van der Waals surface area contributed by atoms with Gasteiger partial charge in [0.2, 0.25) is 5.91 Å². The van der Waals surface area contributed by atoms with E-state index in [9.17, 15) is 14.4 Å². The summed E-state index contributed by atoms with van der Waals surface area (Å²) in [6, 6.07) is 5.95. The summed E-state index contributed by atoms with van der Waals surface area (Å²) in [6.45, 7) is 11.8. The van der Waals surface area contributed by atoms with E-state index in [1.54, 1.807) is 11.8 Å². The Kier molecular flexibility index (Phi) is 5.44. The monoisotopic (exact) mass is 440 g/mol. The quantitative estimate of drug-likeness (QED) is 0.562. The molecular weight excluding hydrogens is 408 g/mol. The largest absolute Gasteiger partial charge is 0.452 e. The van der Waals surface area contributed by atoms with E-state index in [0.29, 0.717) is 13.0 Å². The minimum atomic E-state index is -0.910. The van der Waals surface area contributed by atoms with Gasteiger partial charge in [0.25, 0.3) is 5.91 Å². The molecular formula is C25H32N2O5. The van der Waals surface area contributed by atoms with Gasteiger partial charge in [0.05, 0.1) is 18.6 Å². The van der Waals surface area contributed by atoms with E-state index < -0.39 is 41.2 Å². The SMILES string of the molecule is CC[C@H](OC(=O)[C@H]1[C@H]2C=C[C@@]3(CN(c4ccc(C)cc4C)C(=O)[C@@H]13)O2)C(=O)NC(C)(C)C. The first kappa shape index (κ1) is 22.5. The molecule has 0 saturated carbocycles. The number of ether oxygens (including phenoxy) is 2. The number of hydrogen-bond acceptors (Lipinski definition) is 5. The van der Waals surface area contributed by atoms with Crippen molar-refractivity contribution < 1.29 is 23.9 Å². The van der Waals surface area contributed by atoms with Crippen LogP contribution in [-0.4, -0.2) is 47.7 Å². The normalized spacial score (nSPS) is 29.2. The molecule has 7 heteroatoms. The molecule has 0 radical (unpaired) electrons. The number of esters is 1. The third-order valence-corrected chi connectivity index (χ3v) is 6.44. The first-order chi connectivity index (χ1) is 15.0. The highest BCUT2D eigenvalue weighted by Crippen LogP contribution is 2.53. The van der Waals surface area contributed by atoms with Gasteiger partial charge in [0.15, 0.2) is 6.10 Å². The highest BCUT2D eigenvalue weighted by Gasteiger charge is 2.67. The van der Waals surface area contributed by atoms with Crippen molar-refractivity contribution in [3.8, 4) is 0 Å². The third-order valence-electron chi connectivity index (χ3n) is 6.44. The average Bonchev–Trinajstić information content (AvgIpc) is 3.33. The molecule has 2 fully saturated rings. The van der Waals surface area contributed by atoms with Crippen LogP contribution in [0.5, 0.6) is 0 Å². The molecule has 0 unspecified atom stereocenters. The van der Waals surface area contributed by atoms with Gasteiger partial charge in [-0.2, -0.15) is 0 Å². The fraction of sp³-hybridized carbons (Fsp3) is 0.560. The number of benzene rings is 1. The number of carbonyl (C=O) groups excluding carboxylic acids is 3. The van der Waals surface area contributed by atoms with Crippen molar-refractivity contribution in [3.63, 3.8) is 0 Å². The van der Waals surface area contributed by atoms with Crippen LogP contribution in [-0.2, 0) is 23.9 Å². The molecule has 1 aromatic carbocycles. The molecule has 3 heterocycles. The number of aryl methyl sites for hydroxylation is 2. The van der Waals surface area contributed by atoms with E-state index in [0.717, 1.165) is 16.8 Å². The Morgan fingerprint density at radius 3 is 2.66 bits per heavy atom. The summed E-state index contributed by atoms with van der Waals surface area (Å²) in [5, 5.41) is 2.86. The summed E-state index contributed by atoms with van der Waals surface area (Å²) in [5.74, 6) is -2.46. The molecule has 32 heavy (non-hydrogen) atoms. The predicted octanol–water partition coefficient (Wildman–Crippen LogP) is 2.83. The topological polar surface area (TPSA) is 84.9 Å². The number of nitrogens with one attached hydrogen (secondary N) is 1. The molecule has 2 amide bonds. The highest BCUT2D eigenvalue weighted by molar-refractivity contribution is 6.03. The van der Waals surface area contributed by atoms with Crippen molar-refractivity contribution in [2.75, 3.05) is 11.4 Å². The molecule has 3 aliphatic heterocycles. The molecule has 1 spiro atoms.